The first-order chi connectivity index (χ1) is 6.72. The van der Waals surface area contributed by atoms with E-state index in [1.807, 2.05) is 6.92 Å². The van der Waals surface area contributed by atoms with Gasteiger partial charge in [0.1, 0.15) is 0 Å². The Morgan fingerprint density at radius 2 is 2.29 bits per heavy atom. The Labute approximate surface area is 84.5 Å². The van der Waals surface area contributed by atoms with Gasteiger partial charge in [-0.25, -0.2) is 0 Å². The summed E-state index contributed by atoms with van der Waals surface area (Å²) >= 11 is 0. The van der Waals surface area contributed by atoms with Crippen LogP contribution in [0.3, 0.4) is 0 Å². The Balaban J connectivity index is 2.53. The van der Waals surface area contributed by atoms with Gasteiger partial charge in [0.15, 0.2) is 0 Å². The molecule has 82 valence electrons. The monoisotopic (exact) mass is 201 g/mol. The molecule has 1 aliphatic rings. The number of carbonyl (C=O) groups excluding carboxylic acids is 1. The molecular formula is C10H19NO3. The van der Waals surface area contributed by atoms with Crippen molar-refractivity contribution < 1.29 is 15.0 Å². The molecule has 0 radical (unpaired) electrons. The second kappa shape index (κ2) is 5.32. The molecule has 0 aliphatic carbocycles. The summed E-state index contributed by atoms with van der Waals surface area (Å²) in [6.45, 7) is 2.72. The second-order valence-electron chi connectivity index (χ2n) is 3.92. The minimum atomic E-state index is -0.0518. The fraction of sp³-hybridized carbons (Fsp3) is 0.900. The summed E-state index contributed by atoms with van der Waals surface area (Å²) in [5.74, 6) is 0.130. The lowest BCUT2D eigenvalue weighted by Gasteiger charge is -2.26. The molecule has 2 atom stereocenters. The molecule has 1 fully saturated rings. The van der Waals surface area contributed by atoms with Gasteiger partial charge < -0.3 is 15.1 Å². The van der Waals surface area contributed by atoms with Crippen LogP contribution in [0.25, 0.3) is 0 Å². The largest absolute Gasteiger partial charge is 0.396 e. The van der Waals surface area contributed by atoms with Crippen LogP contribution in [0.1, 0.15) is 26.2 Å². The number of nitrogens with zero attached hydrogens (tertiary/aromatic N) is 1. The molecule has 0 aromatic carbocycles. The molecular weight excluding hydrogens is 182 g/mol. The molecule has 0 saturated carbocycles. The minimum absolute atomic E-state index is 0.0255. The quantitative estimate of drug-likeness (QED) is 0.657. The van der Waals surface area contributed by atoms with Crippen LogP contribution in [-0.4, -0.2) is 46.8 Å². The topological polar surface area (TPSA) is 60.8 Å². The third kappa shape index (κ3) is 2.45. The third-order valence-corrected chi connectivity index (χ3v) is 2.77. The molecule has 0 bridgehead atoms. The van der Waals surface area contributed by atoms with Crippen LogP contribution in [0.5, 0.6) is 0 Å². The number of aliphatic hydroxyl groups is 2. The van der Waals surface area contributed by atoms with Gasteiger partial charge in [0.2, 0.25) is 5.91 Å². The van der Waals surface area contributed by atoms with Crippen LogP contribution in [0.4, 0.5) is 0 Å². The zero-order valence-electron chi connectivity index (χ0n) is 8.65. The predicted molar refractivity (Wildman–Crippen MR) is 52.7 cm³/mol. The van der Waals surface area contributed by atoms with E-state index in [1.54, 1.807) is 4.90 Å². The number of aliphatic hydroxyl groups excluding tert-OH is 2. The summed E-state index contributed by atoms with van der Waals surface area (Å²) in [5.41, 5.74) is 0. The van der Waals surface area contributed by atoms with Crippen molar-refractivity contribution in [2.45, 2.75) is 32.2 Å². The third-order valence-electron chi connectivity index (χ3n) is 2.77. The lowest BCUT2D eigenvalue weighted by molar-refractivity contribution is -0.130. The highest BCUT2D eigenvalue weighted by molar-refractivity contribution is 5.79. The van der Waals surface area contributed by atoms with E-state index in [0.29, 0.717) is 13.0 Å². The zero-order chi connectivity index (χ0) is 10.6. The van der Waals surface area contributed by atoms with Gasteiger partial charge in [-0.05, 0) is 6.42 Å². The molecule has 4 nitrogen and oxygen atoms in total. The van der Waals surface area contributed by atoms with Crippen molar-refractivity contribution in [3.05, 3.63) is 0 Å². The molecule has 1 heterocycles. The summed E-state index contributed by atoms with van der Waals surface area (Å²) in [6, 6.07) is -0.0518. The van der Waals surface area contributed by atoms with Crippen LogP contribution in [0, 0.1) is 5.92 Å². The number of hydrogen-bond donors (Lipinski definition) is 2. The Kier molecular flexibility index (Phi) is 4.35. The van der Waals surface area contributed by atoms with Gasteiger partial charge in [0.05, 0.1) is 12.6 Å². The minimum Gasteiger partial charge on any atom is -0.396 e. The summed E-state index contributed by atoms with van der Waals surface area (Å²) in [7, 11) is 0. The molecule has 14 heavy (non-hydrogen) atoms. The molecule has 1 saturated heterocycles. The van der Waals surface area contributed by atoms with Crippen molar-refractivity contribution in [3.8, 4) is 0 Å². The highest BCUT2D eigenvalue weighted by Gasteiger charge is 2.33. The fourth-order valence-corrected chi connectivity index (χ4v) is 1.96. The SMILES string of the molecule is CCCC(CO)N1CC(CO)CC1=O. The molecule has 4 heteroatoms. The van der Waals surface area contributed by atoms with Crippen molar-refractivity contribution in [1.82, 2.24) is 4.90 Å². The van der Waals surface area contributed by atoms with Gasteiger partial charge in [-0.1, -0.05) is 13.3 Å². The summed E-state index contributed by atoms with van der Waals surface area (Å²) in [5, 5.41) is 18.1. The van der Waals surface area contributed by atoms with Crippen molar-refractivity contribution >= 4 is 5.91 Å². The van der Waals surface area contributed by atoms with Crippen LogP contribution in [0.2, 0.25) is 0 Å². The van der Waals surface area contributed by atoms with E-state index in [4.69, 9.17) is 10.2 Å². The van der Waals surface area contributed by atoms with Gasteiger partial charge in [0.25, 0.3) is 0 Å². The van der Waals surface area contributed by atoms with Crippen molar-refractivity contribution in [1.29, 1.82) is 0 Å². The van der Waals surface area contributed by atoms with Gasteiger partial charge in [0, 0.05) is 25.5 Å². The van der Waals surface area contributed by atoms with Crippen LogP contribution in [-0.2, 0) is 4.79 Å². The first-order valence-corrected chi connectivity index (χ1v) is 5.24. The van der Waals surface area contributed by atoms with E-state index in [9.17, 15) is 4.79 Å². The lowest BCUT2D eigenvalue weighted by Crippen LogP contribution is -2.39. The Morgan fingerprint density at radius 1 is 1.57 bits per heavy atom. The summed E-state index contributed by atoms with van der Waals surface area (Å²) < 4.78 is 0. The zero-order valence-corrected chi connectivity index (χ0v) is 8.65. The number of likely N-dealkylation sites (tertiary alicyclic amines) is 1. The fourth-order valence-electron chi connectivity index (χ4n) is 1.96. The average molecular weight is 201 g/mol. The summed E-state index contributed by atoms with van der Waals surface area (Å²) in [6.07, 6.45) is 2.22. The molecule has 0 spiro atoms. The van der Waals surface area contributed by atoms with Gasteiger partial charge in [-0.3, -0.25) is 4.79 Å². The van der Waals surface area contributed by atoms with Gasteiger partial charge in [-0.15, -0.1) is 0 Å². The Morgan fingerprint density at radius 3 is 2.71 bits per heavy atom. The normalized spacial score (nSPS) is 24.4. The van der Waals surface area contributed by atoms with Gasteiger partial charge in [-0.2, -0.15) is 0 Å². The van der Waals surface area contributed by atoms with E-state index in [1.165, 1.54) is 0 Å². The first kappa shape index (κ1) is 11.5. The predicted octanol–water partition coefficient (Wildman–Crippen LogP) is -0.0118. The Hall–Kier alpha value is -0.610. The van der Waals surface area contributed by atoms with Gasteiger partial charge >= 0.3 is 0 Å². The van der Waals surface area contributed by atoms with Crippen LogP contribution in [0.15, 0.2) is 0 Å². The maximum Gasteiger partial charge on any atom is 0.223 e. The molecule has 2 N–H and O–H groups in total. The number of rotatable bonds is 5. The number of carbonyl (C=O) groups is 1. The highest BCUT2D eigenvalue weighted by Crippen LogP contribution is 2.21. The van der Waals surface area contributed by atoms with Crippen LogP contribution >= 0.6 is 0 Å². The average Bonchev–Trinajstić information content (AvgIpc) is 2.56. The van der Waals surface area contributed by atoms with E-state index in [-0.39, 0.29) is 31.1 Å². The molecule has 1 aliphatic heterocycles. The number of hydrogen-bond acceptors (Lipinski definition) is 3. The molecule has 0 aromatic heterocycles. The maximum atomic E-state index is 11.5. The van der Waals surface area contributed by atoms with Crippen molar-refractivity contribution in [2.24, 2.45) is 5.92 Å². The maximum absolute atomic E-state index is 11.5. The smallest absolute Gasteiger partial charge is 0.223 e. The first-order valence-electron chi connectivity index (χ1n) is 5.24. The van der Waals surface area contributed by atoms with Crippen molar-refractivity contribution in [2.75, 3.05) is 19.8 Å². The number of amides is 1. The molecule has 0 aromatic rings. The molecule has 2 unspecified atom stereocenters. The Bertz CT molecular complexity index is 196. The van der Waals surface area contributed by atoms with E-state index < -0.39 is 0 Å². The van der Waals surface area contributed by atoms with Crippen LogP contribution < -0.4 is 0 Å². The lowest BCUT2D eigenvalue weighted by atomic mass is 10.1. The van der Waals surface area contributed by atoms with E-state index in [0.717, 1.165) is 12.8 Å². The molecule has 1 amide bonds. The standard InChI is InChI=1S/C10H19NO3/c1-2-3-9(7-13)11-5-8(6-12)4-10(11)14/h8-9,12-13H,2-7H2,1H3. The van der Waals surface area contributed by atoms with Crippen molar-refractivity contribution in [3.63, 3.8) is 0 Å². The van der Waals surface area contributed by atoms with E-state index >= 15 is 0 Å². The summed E-state index contributed by atoms with van der Waals surface area (Å²) in [4.78, 5) is 13.2. The second-order valence-corrected chi connectivity index (χ2v) is 3.92. The highest BCUT2D eigenvalue weighted by atomic mass is 16.3. The van der Waals surface area contributed by atoms with E-state index in [2.05, 4.69) is 0 Å². The molecule has 1 rings (SSSR count).